The van der Waals surface area contributed by atoms with E-state index in [-0.39, 0.29) is 17.8 Å². The maximum Gasteiger partial charge on any atom is 0.306 e. The van der Waals surface area contributed by atoms with Crippen molar-refractivity contribution in [1.82, 2.24) is 34.5 Å². The van der Waals surface area contributed by atoms with Gasteiger partial charge in [0.05, 0.1) is 60.8 Å². The van der Waals surface area contributed by atoms with Crippen molar-refractivity contribution in [2.45, 2.75) is 71.2 Å². The molecule has 2 aliphatic heterocycles. The van der Waals surface area contributed by atoms with Crippen LogP contribution in [0.4, 0.5) is 20.3 Å². The standard InChI is InChI=1S/C46H52F2N8O6/c1-5-17-62-41-21-30(20-40(60-4)34(41)25-54(3)38-14-18-61-26-39(38)57)56-37-11-7-9-32(33(37)23-50-56)31-8-6-10-35(27(31)2)51-44-42-36(52-45(53-44)43(47)48)19-28(22-49-42)24-55-15-12-29(13-16-55)46(58)59/h6-11,19-23,29,38-39,43,57H,5,12-18,24-26H2,1-4H3,(H,58,59)(H,51,52,53)/t38-,39+/m1/s1. The SMILES string of the molecule is CCCOc1cc(-n2ncc3c(-c4cccc(Nc5nc(C(F)F)nc6cc(CN7CCC(C(=O)O)CC7)cnc56)c4C)cccc32)cc(OC)c1CN(C)[C@@H]1CCOC[C@@H]1O. The molecule has 0 saturated carbocycles. The van der Waals surface area contributed by atoms with Crippen molar-refractivity contribution in [2.24, 2.45) is 5.92 Å². The molecule has 0 spiro atoms. The van der Waals surface area contributed by atoms with Gasteiger partial charge in [0.1, 0.15) is 17.0 Å². The summed E-state index contributed by atoms with van der Waals surface area (Å²) in [6, 6.07) is 17.4. The Morgan fingerprint density at radius 3 is 2.56 bits per heavy atom. The number of aromatic nitrogens is 5. The lowest BCUT2D eigenvalue weighted by Gasteiger charge is -2.35. The van der Waals surface area contributed by atoms with Crippen LogP contribution in [-0.2, 0) is 22.6 Å². The van der Waals surface area contributed by atoms with Crippen LogP contribution in [0.25, 0.3) is 38.8 Å². The van der Waals surface area contributed by atoms with E-state index in [0.717, 1.165) is 57.2 Å². The van der Waals surface area contributed by atoms with Gasteiger partial charge in [-0.1, -0.05) is 31.2 Å². The van der Waals surface area contributed by atoms with E-state index in [9.17, 15) is 23.8 Å². The molecule has 62 heavy (non-hydrogen) atoms. The largest absolute Gasteiger partial charge is 0.496 e. The predicted molar refractivity (Wildman–Crippen MR) is 231 cm³/mol. The van der Waals surface area contributed by atoms with E-state index in [2.05, 4.69) is 37.0 Å². The number of ether oxygens (including phenoxy) is 3. The van der Waals surface area contributed by atoms with Crippen molar-refractivity contribution in [3.05, 3.63) is 89.5 Å². The highest BCUT2D eigenvalue weighted by Crippen LogP contribution is 2.39. The molecule has 16 heteroatoms. The van der Waals surface area contributed by atoms with Gasteiger partial charge >= 0.3 is 5.97 Å². The van der Waals surface area contributed by atoms with Gasteiger partial charge in [0.2, 0.25) is 0 Å². The number of pyridine rings is 1. The van der Waals surface area contributed by atoms with Crippen LogP contribution in [0.5, 0.6) is 11.5 Å². The number of likely N-dealkylation sites (tertiary alicyclic amines) is 1. The Hall–Kier alpha value is -5.81. The molecule has 3 N–H and O–H groups in total. The quantitative estimate of drug-likeness (QED) is 0.0924. The topological polar surface area (TPSA) is 160 Å². The number of likely N-dealkylation sites (N-methyl/N-ethyl adjacent to an activating group) is 1. The molecule has 0 aliphatic carbocycles. The van der Waals surface area contributed by atoms with Crippen LogP contribution < -0.4 is 14.8 Å². The average molecular weight is 851 g/mol. The molecular formula is C46H52F2N8O6. The number of hydrogen-bond donors (Lipinski definition) is 3. The zero-order valence-corrected chi connectivity index (χ0v) is 35.4. The van der Waals surface area contributed by atoms with E-state index in [1.807, 2.05) is 73.4 Å². The van der Waals surface area contributed by atoms with Gasteiger partial charge in [0.15, 0.2) is 11.6 Å². The number of alkyl halides is 2. The Morgan fingerprint density at radius 1 is 1.05 bits per heavy atom. The van der Waals surface area contributed by atoms with E-state index in [1.54, 1.807) is 19.4 Å². The number of aliphatic carboxylic acids is 1. The molecule has 2 atom stereocenters. The second-order valence-electron chi connectivity index (χ2n) is 16.1. The molecule has 6 aromatic rings. The molecule has 3 aromatic heterocycles. The lowest BCUT2D eigenvalue weighted by molar-refractivity contribution is -0.143. The highest BCUT2D eigenvalue weighted by atomic mass is 19.3. The van der Waals surface area contributed by atoms with Gasteiger partial charge in [-0.25, -0.2) is 23.4 Å². The summed E-state index contributed by atoms with van der Waals surface area (Å²) in [5.74, 6) is -0.244. The number of aliphatic hydroxyl groups excluding tert-OH is 1. The molecule has 2 saturated heterocycles. The summed E-state index contributed by atoms with van der Waals surface area (Å²) in [5.41, 5.74) is 7.29. The van der Waals surface area contributed by atoms with Gasteiger partial charge in [-0.3, -0.25) is 19.6 Å². The van der Waals surface area contributed by atoms with Gasteiger partial charge in [-0.05, 0) is 93.2 Å². The highest BCUT2D eigenvalue weighted by Gasteiger charge is 2.30. The minimum absolute atomic E-state index is 0.0632. The molecule has 2 aliphatic rings. The monoisotopic (exact) mass is 850 g/mol. The van der Waals surface area contributed by atoms with E-state index in [0.29, 0.717) is 87.1 Å². The number of piperidine rings is 1. The first-order chi connectivity index (χ1) is 30.0. The molecule has 2 fully saturated rings. The molecule has 326 valence electrons. The van der Waals surface area contributed by atoms with E-state index < -0.39 is 24.3 Å². The molecule has 14 nitrogen and oxygen atoms in total. The smallest absolute Gasteiger partial charge is 0.306 e. The Morgan fingerprint density at radius 2 is 1.82 bits per heavy atom. The Labute approximate surface area is 358 Å². The number of carbonyl (C=O) groups is 1. The van der Waals surface area contributed by atoms with Gasteiger partial charge in [0.25, 0.3) is 6.43 Å². The van der Waals surface area contributed by atoms with Crippen LogP contribution in [0.2, 0.25) is 0 Å². The average Bonchev–Trinajstić information content (AvgIpc) is 3.71. The molecule has 3 aromatic carbocycles. The third-order valence-corrected chi connectivity index (χ3v) is 12.0. The second kappa shape index (κ2) is 18.7. The van der Waals surface area contributed by atoms with Gasteiger partial charge < -0.3 is 29.7 Å². The van der Waals surface area contributed by atoms with Crippen molar-refractivity contribution in [3.8, 4) is 28.3 Å². The van der Waals surface area contributed by atoms with Crippen molar-refractivity contribution < 1.29 is 38.0 Å². The molecule has 8 rings (SSSR count). The minimum Gasteiger partial charge on any atom is -0.496 e. The second-order valence-corrected chi connectivity index (χ2v) is 16.1. The number of anilines is 2. The zero-order valence-electron chi connectivity index (χ0n) is 35.4. The number of carboxylic acid groups (broad SMARTS) is 1. The maximum absolute atomic E-state index is 14.2. The molecule has 0 unspecified atom stereocenters. The predicted octanol–water partition coefficient (Wildman–Crippen LogP) is 7.70. The fourth-order valence-corrected chi connectivity index (χ4v) is 8.63. The van der Waals surface area contributed by atoms with Crippen molar-refractivity contribution in [3.63, 3.8) is 0 Å². The van der Waals surface area contributed by atoms with Crippen LogP contribution in [-0.4, -0.2) is 110 Å². The summed E-state index contributed by atoms with van der Waals surface area (Å²) in [6.45, 7) is 7.68. The van der Waals surface area contributed by atoms with Crippen molar-refractivity contribution in [2.75, 3.05) is 52.4 Å². The number of benzene rings is 3. The highest BCUT2D eigenvalue weighted by molar-refractivity contribution is 5.97. The zero-order chi connectivity index (χ0) is 43.5. The third kappa shape index (κ3) is 8.91. The Balaban J connectivity index is 1.10. The fourth-order valence-electron chi connectivity index (χ4n) is 8.63. The number of carboxylic acids is 1. The number of halogens is 2. The summed E-state index contributed by atoms with van der Waals surface area (Å²) in [6.07, 6.45) is 2.69. The number of fused-ring (bicyclic) bond motifs is 2. The number of nitrogens with one attached hydrogen (secondary N) is 1. The lowest BCUT2D eigenvalue weighted by Crippen LogP contribution is -2.47. The Bertz CT molecular complexity index is 2560. The number of aliphatic hydroxyl groups is 1. The molecular weight excluding hydrogens is 799 g/mol. The van der Waals surface area contributed by atoms with Crippen LogP contribution in [0, 0.1) is 12.8 Å². The van der Waals surface area contributed by atoms with E-state index in [4.69, 9.17) is 19.3 Å². The van der Waals surface area contributed by atoms with Crippen LogP contribution >= 0.6 is 0 Å². The number of rotatable bonds is 15. The van der Waals surface area contributed by atoms with Crippen molar-refractivity contribution >= 4 is 39.4 Å². The van der Waals surface area contributed by atoms with E-state index >= 15 is 0 Å². The molecule has 5 heterocycles. The van der Waals surface area contributed by atoms with Crippen LogP contribution in [0.15, 0.2) is 67.0 Å². The van der Waals surface area contributed by atoms with Crippen molar-refractivity contribution in [1.29, 1.82) is 0 Å². The van der Waals surface area contributed by atoms with Gasteiger partial charge in [-0.15, -0.1) is 0 Å². The normalized spacial score (nSPS) is 17.6. The first-order valence-corrected chi connectivity index (χ1v) is 21.1. The van der Waals surface area contributed by atoms with Crippen LogP contribution in [0.1, 0.15) is 61.5 Å². The first-order valence-electron chi connectivity index (χ1n) is 21.1. The summed E-state index contributed by atoms with van der Waals surface area (Å²) in [4.78, 5) is 28.8. The maximum atomic E-state index is 14.2. The fraction of sp³-hybridized carbons (Fsp3) is 0.413. The first kappa shape index (κ1) is 42.9. The third-order valence-electron chi connectivity index (χ3n) is 12.0. The summed E-state index contributed by atoms with van der Waals surface area (Å²) in [7, 11) is 3.63. The number of nitrogens with zero attached hydrogens (tertiary/aromatic N) is 7. The summed E-state index contributed by atoms with van der Waals surface area (Å²) in [5, 5.41) is 29.1. The number of methoxy groups -OCH3 is 1. The molecule has 0 radical (unpaired) electrons. The summed E-state index contributed by atoms with van der Waals surface area (Å²) < 4.78 is 48.1. The lowest BCUT2D eigenvalue weighted by atomic mass is 9.96. The minimum atomic E-state index is -2.90. The number of hydrogen-bond acceptors (Lipinski definition) is 12. The Kier molecular flexibility index (Phi) is 12.9. The molecule has 0 amide bonds. The van der Waals surface area contributed by atoms with Crippen LogP contribution in [0.3, 0.4) is 0 Å². The van der Waals surface area contributed by atoms with Gasteiger partial charge in [-0.2, -0.15) is 5.10 Å². The molecule has 0 bridgehead atoms. The van der Waals surface area contributed by atoms with E-state index in [1.165, 1.54) is 0 Å². The summed E-state index contributed by atoms with van der Waals surface area (Å²) >= 11 is 0. The van der Waals surface area contributed by atoms with Gasteiger partial charge in [0, 0.05) is 55.1 Å².